The SMILES string of the molecule is CC(C)Oc1cc(N)n(C2CCCCC2)n1. The molecule has 16 heavy (non-hydrogen) atoms. The van der Waals surface area contributed by atoms with Gasteiger partial charge in [0.15, 0.2) is 0 Å². The summed E-state index contributed by atoms with van der Waals surface area (Å²) in [4.78, 5) is 0. The van der Waals surface area contributed by atoms with E-state index >= 15 is 0 Å². The number of nitrogens with zero attached hydrogens (tertiary/aromatic N) is 2. The van der Waals surface area contributed by atoms with Crippen LogP contribution in [0, 0.1) is 0 Å². The predicted octanol–water partition coefficient (Wildman–Crippen LogP) is 2.76. The molecule has 1 heterocycles. The van der Waals surface area contributed by atoms with Gasteiger partial charge < -0.3 is 10.5 Å². The van der Waals surface area contributed by atoms with Crippen LogP contribution in [0.4, 0.5) is 5.82 Å². The first-order valence-electron chi connectivity index (χ1n) is 6.18. The molecule has 0 saturated heterocycles. The normalized spacial score (nSPS) is 17.9. The molecule has 1 aromatic heterocycles. The fourth-order valence-electron chi connectivity index (χ4n) is 2.30. The van der Waals surface area contributed by atoms with Crippen LogP contribution in [0.25, 0.3) is 0 Å². The summed E-state index contributed by atoms with van der Waals surface area (Å²) in [5.41, 5.74) is 5.97. The fourth-order valence-corrected chi connectivity index (χ4v) is 2.30. The number of ether oxygens (including phenoxy) is 1. The van der Waals surface area contributed by atoms with Crippen molar-refractivity contribution in [3.63, 3.8) is 0 Å². The molecule has 2 N–H and O–H groups in total. The third kappa shape index (κ3) is 2.49. The van der Waals surface area contributed by atoms with Gasteiger partial charge in [0.25, 0.3) is 0 Å². The average molecular weight is 223 g/mol. The van der Waals surface area contributed by atoms with Crippen molar-refractivity contribution in [1.29, 1.82) is 0 Å². The van der Waals surface area contributed by atoms with Crippen LogP contribution in [0.3, 0.4) is 0 Å². The first-order chi connectivity index (χ1) is 7.66. The molecule has 0 amide bonds. The molecule has 0 aromatic carbocycles. The number of hydrogen-bond donors (Lipinski definition) is 1. The number of nitrogens with two attached hydrogens (primary N) is 1. The second-order valence-corrected chi connectivity index (χ2v) is 4.81. The first kappa shape index (κ1) is 11.3. The monoisotopic (exact) mass is 223 g/mol. The van der Waals surface area contributed by atoms with Gasteiger partial charge >= 0.3 is 0 Å². The summed E-state index contributed by atoms with van der Waals surface area (Å²) in [6, 6.07) is 2.30. The van der Waals surface area contributed by atoms with Crippen molar-refractivity contribution in [1.82, 2.24) is 9.78 Å². The Balaban J connectivity index is 2.10. The Bertz CT molecular complexity index is 340. The second-order valence-electron chi connectivity index (χ2n) is 4.81. The van der Waals surface area contributed by atoms with Gasteiger partial charge in [-0.15, -0.1) is 5.10 Å². The van der Waals surface area contributed by atoms with Gasteiger partial charge in [-0.3, -0.25) is 0 Å². The summed E-state index contributed by atoms with van der Waals surface area (Å²) in [6.45, 7) is 3.99. The van der Waals surface area contributed by atoms with Crippen molar-refractivity contribution in [2.24, 2.45) is 0 Å². The lowest BCUT2D eigenvalue weighted by Crippen LogP contribution is -2.16. The Labute approximate surface area is 96.8 Å². The Morgan fingerprint density at radius 2 is 2.06 bits per heavy atom. The molecule has 1 saturated carbocycles. The number of hydrogen-bond acceptors (Lipinski definition) is 3. The molecule has 0 atom stereocenters. The van der Waals surface area contributed by atoms with Crippen LogP contribution in [-0.2, 0) is 0 Å². The van der Waals surface area contributed by atoms with Crippen LogP contribution in [0.1, 0.15) is 52.0 Å². The zero-order chi connectivity index (χ0) is 11.5. The highest BCUT2D eigenvalue weighted by Gasteiger charge is 2.19. The molecule has 0 bridgehead atoms. The Morgan fingerprint density at radius 1 is 1.38 bits per heavy atom. The van der Waals surface area contributed by atoms with Crippen LogP contribution < -0.4 is 10.5 Å². The van der Waals surface area contributed by atoms with Gasteiger partial charge in [0.05, 0.1) is 12.1 Å². The summed E-state index contributed by atoms with van der Waals surface area (Å²) in [5.74, 6) is 1.38. The summed E-state index contributed by atoms with van der Waals surface area (Å²) >= 11 is 0. The molecule has 2 rings (SSSR count). The van der Waals surface area contributed by atoms with Crippen LogP contribution in [0.5, 0.6) is 5.88 Å². The van der Waals surface area contributed by atoms with Gasteiger partial charge in [0.1, 0.15) is 5.82 Å². The molecule has 90 valence electrons. The third-order valence-electron chi connectivity index (χ3n) is 3.02. The maximum atomic E-state index is 5.97. The van der Waals surface area contributed by atoms with E-state index in [0.717, 1.165) is 5.82 Å². The lowest BCUT2D eigenvalue weighted by atomic mass is 9.96. The molecule has 0 spiro atoms. The van der Waals surface area contributed by atoms with Crippen molar-refractivity contribution in [3.8, 4) is 5.88 Å². The smallest absolute Gasteiger partial charge is 0.235 e. The van der Waals surface area contributed by atoms with Gasteiger partial charge in [-0.25, -0.2) is 4.68 Å². The lowest BCUT2D eigenvalue weighted by Gasteiger charge is -2.22. The number of anilines is 1. The quantitative estimate of drug-likeness (QED) is 0.857. The molecular formula is C12H21N3O. The van der Waals surface area contributed by atoms with E-state index in [1.54, 1.807) is 0 Å². The molecule has 0 aliphatic heterocycles. The van der Waals surface area contributed by atoms with Gasteiger partial charge in [0.2, 0.25) is 5.88 Å². The Hall–Kier alpha value is -1.19. The van der Waals surface area contributed by atoms with Crippen molar-refractivity contribution in [2.75, 3.05) is 5.73 Å². The summed E-state index contributed by atoms with van der Waals surface area (Å²) in [7, 11) is 0. The predicted molar refractivity (Wildman–Crippen MR) is 64.5 cm³/mol. The maximum Gasteiger partial charge on any atom is 0.235 e. The molecule has 4 heteroatoms. The maximum absolute atomic E-state index is 5.97. The van der Waals surface area contributed by atoms with Crippen molar-refractivity contribution < 1.29 is 4.74 Å². The van der Waals surface area contributed by atoms with Gasteiger partial charge in [-0.2, -0.15) is 0 Å². The first-order valence-corrected chi connectivity index (χ1v) is 6.18. The van der Waals surface area contributed by atoms with Gasteiger partial charge in [-0.1, -0.05) is 19.3 Å². The van der Waals surface area contributed by atoms with E-state index in [1.165, 1.54) is 32.1 Å². The summed E-state index contributed by atoms with van der Waals surface area (Å²) < 4.78 is 7.50. The zero-order valence-electron chi connectivity index (χ0n) is 10.1. The lowest BCUT2D eigenvalue weighted by molar-refractivity contribution is 0.225. The van der Waals surface area contributed by atoms with Crippen molar-refractivity contribution >= 4 is 5.82 Å². The molecule has 1 aromatic rings. The minimum atomic E-state index is 0.147. The molecule has 1 fully saturated rings. The zero-order valence-corrected chi connectivity index (χ0v) is 10.1. The average Bonchev–Trinajstić information content (AvgIpc) is 2.60. The standard InChI is InChI=1S/C12H21N3O/c1-9(2)16-12-8-11(13)15(14-12)10-6-4-3-5-7-10/h8-10H,3-7,13H2,1-2H3. The van der Waals surface area contributed by atoms with Crippen LogP contribution >= 0.6 is 0 Å². The van der Waals surface area contributed by atoms with E-state index in [2.05, 4.69) is 5.10 Å². The molecule has 1 aliphatic carbocycles. The van der Waals surface area contributed by atoms with Crippen LogP contribution in [0.2, 0.25) is 0 Å². The second kappa shape index (κ2) is 4.76. The highest BCUT2D eigenvalue weighted by Crippen LogP contribution is 2.30. The number of aromatic nitrogens is 2. The van der Waals surface area contributed by atoms with Crippen molar-refractivity contribution in [2.45, 2.75) is 58.1 Å². The van der Waals surface area contributed by atoms with Gasteiger partial charge in [0, 0.05) is 6.07 Å². The van der Waals surface area contributed by atoms with Crippen molar-refractivity contribution in [3.05, 3.63) is 6.07 Å². The van der Waals surface area contributed by atoms with Gasteiger partial charge in [-0.05, 0) is 26.7 Å². The highest BCUT2D eigenvalue weighted by molar-refractivity contribution is 5.34. The largest absolute Gasteiger partial charge is 0.474 e. The van der Waals surface area contributed by atoms with Crippen LogP contribution in [-0.4, -0.2) is 15.9 Å². The van der Waals surface area contributed by atoms with E-state index < -0.39 is 0 Å². The van der Waals surface area contributed by atoms with E-state index in [9.17, 15) is 0 Å². The molecule has 1 aliphatic rings. The van der Waals surface area contributed by atoms with E-state index in [4.69, 9.17) is 10.5 Å². The fraction of sp³-hybridized carbons (Fsp3) is 0.750. The highest BCUT2D eigenvalue weighted by atomic mass is 16.5. The molecular weight excluding hydrogens is 202 g/mol. The number of nitrogen functional groups attached to an aromatic ring is 1. The number of rotatable bonds is 3. The van der Waals surface area contributed by atoms with E-state index in [-0.39, 0.29) is 6.10 Å². The summed E-state index contributed by atoms with van der Waals surface area (Å²) in [6.07, 6.45) is 6.43. The molecule has 0 unspecified atom stereocenters. The topological polar surface area (TPSA) is 53.1 Å². The third-order valence-corrected chi connectivity index (χ3v) is 3.02. The van der Waals surface area contributed by atoms with E-state index in [1.807, 2.05) is 24.6 Å². The minimum Gasteiger partial charge on any atom is -0.474 e. The molecule has 4 nitrogen and oxygen atoms in total. The van der Waals surface area contributed by atoms with E-state index in [0.29, 0.717) is 11.9 Å². The Kier molecular flexibility index (Phi) is 3.36. The molecule has 0 radical (unpaired) electrons. The Morgan fingerprint density at radius 3 is 2.69 bits per heavy atom. The summed E-state index contributed by atoms with van der Waals surface area (Å²) in [5, 5.41) is 4.44. The minimum absolute atomic E-state index is 0.147. The van der Waals surface area contributed by atoms with Crippen LogP contribution in [0.15, 0.2) is 6.07 Å².